The van der Waals surface area contributed by atoms with Gasteiger partial charge in [0, 0.05) is 0 Å². The Morgan fingerprint density at radius 2 is 1.30 bits per heavy atom. The van der Waals surface area contributed by atoms with Crippen LogP contribution >= 0.6 is 22.7 Å². The Labute approximate surface area is 67.8 Å². The molecule has 0 nitrogen and oxygen atoms in total. The summed E-state index contributed by atoms with van der Waals surface area (Å²) in [5.41, 5.74) is 2.68. The molecule has 2 aromatic rings. The first-order valence-electron chi connectivity index (χ1n) is 3.01. The van der Waals surface area contributed by atoms with E-state index in [0.717, 1.165) is 0 Å². The molecule has 0 aromatic carbocycles. The number of rotatable bonds is 1. The third kappa shape index (κ3) is 1.00. The van der Waals surface area contributed by atoms with E-state index in [-0.39, 0.29) is 0 Å². The Morgan fingerprint density at radius 1 is 0.800 bits per heavy atom. The zero-order valence-corrected chi connectivity index (χ0v) is 6.91. The van der Waals surface area contributed by atoms with Crippen molar-refractivity contribution in [1.29, 1.82) is 0 Å². The van der Waals surface area contributed by atoms with E-state index in [2.05, 4.69) is 33.7 Å². The van der Waals surface area contributed by atoms with Crippen molar-refractivity contribution in [3.63, 3.8) is 0 Å². The van der Waals surface area contributed by atoms with Crippen LogP contribution in [0.15, 0.2) is 33.7 Å². The van der Waals surface area contributed by atoms with Crippen molar-refractivity contribution in [3.8, 4) is 11.1 Å². The molecule has 0 unspecified atom stereocenters. The van der Waals surface area contributed by atoms with Gasteiger partial charge in [-0.1, -0.05) is 0 Å². The van der Waals surface area contributed by atoms with Gasteiger partial charge in [0.1, 0.15) is 0 Å². The van der Waals surface area contributed by atoms with Gasteiger partial charge in [-0.3, -0.25) is 0 Å². The fraction of sp³-hybridized carbons (Fsp3) is 0. The molecule has 0 radical (unpaired) electrons. The first-order chi connectivity index (χ1) is 4.97. The standard InChI is InChI=1S/C8H6S2/c1-3-9-5-7(1)8-2-4-10-6-8/h1-6H. The van der Waals surface area contributed by atoms with E-state index < -0.39 is 0 Å². The topological polar surface area (TPSA) is 0 Å². The fourth-order valence-electron chi connectivity index (χ4n) is 0.857. The lowest BCUT2D eigenvalue weighted by molar-refractivity contribution is 1.84. The number of hydrogen-bond acceptors (Lipinski definition) is 2. The summed E-state index contributed by atoms with van der Waals surface area (Å²) in [5, 5.41) is 8.55. The molecule has 0 aliphatic carbocycles. The Bertz CT molecular complexity index is 247. The zero-order valence-electron chi connectivity index (χ0n) is 5.28. The summed E-state index contributed by atoms with van der Waals surface area (Å²) >= 11 is 3.48. The van der Waals surface area contributed by atoms with Gasteiger partial charge in [0.2, 0.25) is 0 Å². The second kappa shape index (κ2) is 2.56. The molecule has 0 amide bonds. The molecule has 0 saturated carbocycles. The maximum atomic E-state index is 2.17. The van der Waals surface area contributed by atoms with Crippen molar-refractivity contribution in [2.24, 2.45) is 0 Å². The molecule has 0 fully saturated rings. The molecule has 2 rings (SSSR count). The van der Waals surface area contributed by atoms with Crippen LogP contribution in [0.3, 0.4) is 0 Å². The second-order valence-electron chi connectivity index (χ2n) is 2.02. The minimum atomic E-state index is 1.34. The summed E-state index contributed by atoms with van der Waals surface area (Å²) in [6, 6.07) is 4.29. The van der Waals surface area contributed by atoms with Gasteiger partial charge >= 0.3 is 0 Å². The summed E-state index contributed by atoms with van der Waals surface area (Å²) in [7, 11) is 0. The van der Waals surface area contributed by atoms with Crippen LogP contribution < -0.4 is 0 Å². The van der Waals surface area contributed by atoms with E-state index >= 15 is 0 Å². The average Bonchev–Trinajstić information content (AvgIpc) is 2.59. The molecule has 0 spiro atoms. The second-order valence-corrected chi connectivity index (χ2v) is 3.58. The molecule has 2 heterocycles. The van der Waals surface area contributed by atoms with E-state index in [1.54, 1.807) is 22.7 Å². The zero-order chi connectivity index (χ0) is 6.81. The third-order valence-electron chi connectivity index (χ3n) is 1.38. The molecular formula is C8H6S2. The Kier molecular flexibility index (Phi) is 1.57. The predicted molar refractivity (Wildman–Crippen MR) is 47.6 cm³/mol. The van der Waals surface area contributed by atoms with Crippen LogP contribution in [0.1, 0.15) is 0 Å². The summed E-state index contributed by atoms with van der Waals surface area (Å²) < 4.78 is 0. The minimum absolute atomic E-state index is 1.34. The largest absolute Gasteiger partial charge is 0.152 e. The molecule has 0 saturated heterocycles. The van der Waals surface area contributed by atoms with Crippen LogP contribution in [-0.4, -0.2) is 0 Å². The molecule has 0 aliphatic heterocycles. The lowest BCUT2D eigenvalue weighted by Crippen LogP contribution is -1.60. The Hall–Kier alpha value is -0.600. The maximum Gasteiger partial charge on any atom is -0.00144 e. The van der Waals surface area contributed by atoms with Crippen LogP contribution in [-0.2, 0) is 0 Å². The molecule has 0 N–H and O–H groups in total. The van der Waals surface area contributed by atoms with Crippen LogP contribution in [0, 0.1) is 0 Å². The van der Waals surface area contributed by atoms with Crippen LogP contribution in [0.4, 0.5) is 0 Å². The molecule has 50 valence electrons. The van der Waals surface area contributed by atoms with E-state index in [9.17, 15) is 0 Å². The maximum absolute atomic E-state index is 2.17. The van der Waals surface area contributed by atoms with Gasteiger partial charge in [-0.15, -0.1) is 0 Å². The SMILES string of the molecule is c1cc(-c2ccsc2)cs1. The summed E-state index contributed by atoms with van der Waals surface area (Å²) in [6.45, 7) is 0. The van der Waals surface area contributed by atoms with Gasteiger partial charge in [-0.05, 0) is 44.8 Å². The fourth-order valence-corrected chi connectivity index (χ4v) is 2.19. The Morgan fingerprint density at radius 3 is 1.60 bits per heavy atom. The lowest BCUT2D eigenvalue weighted by atomic mass is 10.2. The number of thiophene rings is 2. The smallest absolute Gasteiger partial charge is 0.00144 e. The van der Waals surface area contributed by atoms with E-state index in [4.69, 9.17) is 0 Å². The van der Waals surface area contributed by atoms with Gasteiger partial charge in [0.05, 0.1) is 0 Å². The first-order valence-corrected chi connectivity index (χ1v) is 4.90. The molecule has 0 aliphatic rings. The summed E-state index contributed by atoms with van der Waals surface area (Å²) in [4.78, 5) is 0. The average molecular weight is 166 g/mol. The highest BCUT2D eigenvalue weighted by Crippen LogP contribution is 2.23. The van der Waals surface area contributed by atoms with Crippen molar-refractivity contribution in [3.05, 3.63) is 33.7 Å². The molecule has 2 aromatic heterocycles. The molecule has 0 bridgehead atoms. The van der Waals surface area contributed by atoms with Crippen molar-refractivity contribution in [2.45, 2.75) is 0 Å². The summed E-state index contributed by atoms with van der Waals surface area (Å²) in [5.74, 6) is 0. The third-order valence-corrected chi connectivity index (χ3v) is 2.74. The first kappa shape index (κ1) is 6.13. The summed E-state index contributed by atoms with van der Waals surface area (Å²) in [6.07, 6.45) is 0. The van der Waals surface area contributed by atoms with Gasteiger partial charge < -0.3 is 0 Å². The highest BCUT2D eigenvalue weighted by molar-refractivity contribution is 7.09. The quantitative estimate of drug-likeness (QED) is 0.608. The Balaban J connectivity index is 2.48. The van der Waals surface area contributed by atoms with Crippen molar-refractivity contribution >= 4 is 22.7 Å². The van der Waals surface area contributed by atoms with Crippen molar-refractivity contribution < 1.29 is 0 Å². The molecular weight excluding hydrogens is 160 g/mol. The van der Waals surface area contributed by atoms with E-state index in [1.165, 1.54) is 11.1 Å². The molecule has 10 heavy (non-hydrogen) atoms. The minimum Gasteiger partial charge on any atom is -0.152 e. The van der Waals surface area contributed by atoms with Gasteiger partial charge in [0.15, 0.2) is 0 Å². The molecule has 0 atom stereocenters. The van der Waals surface area contributed by atoms with E-state index in [1.807, 2.05) is 0 Å². The predicted octanol–water partition coefficient (Wildman–Crippen LogP) is 3.48. The van der Waals surface area contributed by atoms with Gasteiger partial charge in [-0.2, -0.15) is 22.7 Å². The number of hydrogen-bond donors (Lipinski definition) is 0. The van der Waals surface area contributed by atoms with Crippen LogP contribution in [0.2, 0.25) is 0 Å². The van der Waals surface area contributed by atoms with Gasteiger partial charge in [0.25, 0.3) is 0 Å². The normalized spacial score (nSPS) is 10.0. The van der Waals surface area contributed by atoms with Crippen LogP contribution in [0.25, 0.3) is 11.1 Å². The van der Waals surface area contributed by atoms with Crippen molar-refractivity contribution in [1.82, 2.24) is 0 Å². The van der Waals surface area contributed by atoms with E-state index in [0.29, 0.717) is 0 Å². The van der Waals surface area contributed by atoms with Crippen LogP contribution in [0.5, 0.6) is 0 Å². The molecule has 2 heteroatoms. The van der Waals surface area contributed by atoms with Crippen molar-refractivity contribution in [2.75, 3.05) is 0 Å². The monoisotopic (exact) mass is 166 g/mol. The lowest BCUT2D eigenvalue weighted by Gasteiger charge is -1.85. The highest BCUT2D eigenvalue weighted by atomic mass is 32.1. The van der Waals surface area contributed by atoms with Gasteiger partial charge in [-0.25, -0.2) is 0 Å². The highest BCUT2D eigenvalue weighted by Gasteiger charge is 1.95.